The van der Waals surface area contributed by atoms with Gasteiger partial charge in [0.05, 0.1) is 25.6 Å². The minimum absolute atomic E-state index is 0.0377. The number of aromatic nitrogens is 2. The van der Waals surface area contributed by atoms with E-state index in [0.29, 0.717) is 0 Å². The fraction of sp³-hybridized carbons (Fsp3) is 0.294. The Kier molecular flexibility index (Phi) is 5.97. The first kappa shape index (κ1) is 25.2. The fourth-order valence-corrected chi connectivity index (χ4v) is 7.96. The minimum Gasteiger partial charge on any atom is -0.255 e. The van der Waals surface area contributed by atoms with E-state index < -0.39 is 0 Å². The zero-order chi connectivity index (χ0) is 26.8. The van der Waals surface area contributed by atoms with Gasteiger partial charge in [-0.2, -0.15) is 0 Å². The molecule has 6 aromatic rings. The number of hydrogen-bond acceptors (Lipinski definition) is 4. The van der Waals surface area contributed by atoms with E-state index in [1.54, 1.807) is 0 Å². The van der Waals surface area contributed by atoms with Gasteiger partial charge in [0.1, 0.15) is 0 Å². The molecule has 0 radical (unpaired) electrons. The van der Waals surface area contributed by atoms with Crippen LogP contribution >= 0.6 is 22.7 Å². The molecule has 0 saturated carbocycles. The summed E-state index contributed by atoms with van der Waals surface area (Å²) in [7, 11) is 0. The van der Waals surface area contributed by atoms with Gasteiger partial charge in [0.2, 0.25) is 0 Å². The third-order valence-electron chi connectivity index (χ3n) is 7.17. The van der Waals surface area contributed by atoms with E-state index in [-0.39, 0.29) is 10.8 Å². The number of thiophene rings is 1. The summed E-state index contributed by atoms with van der Waals surface area (Å²) >= 11 is 3.70. The van der Waals surface area contributed by atoms with Crippen LogP contribution in [-0.4, -0.2) is 9.97 Å². The molecule has 0 fully saturated rings. The predicted molar refractivity (Wildman–Crippen MR) is 168 cm³/mol. The zero-order valence-corrected chi connectivity index (χ0v) is 24.9. The maximum absolute atomic E-state index is 4.95. The summed E-state index contributed by atoms with van der Waals surface area (Å²) in [5.41, 5.74) is 7.59. The van der Waals surface area contributed by atoms with E-state index in [9.17, 15) is 0 Å². The topological polar surface area (TPSA) is 25.8 Å². The number of benzene rings is 3. The highest BCUT2D eigenvalue weighted by molar-refractivity contribution is 7.23. The van der Waals surface area contributed by atoms with Crippen molar-refractivity contribution in [1.29, 1.82) is 0 Å². The minimum atomic E-state index is 0.0377. The van der Waals surface area contributed by atoms with Gasteiger partial charge in [-0.3, -0.25) is 4.98 Å². The molecule has 0 atom stereocenters. The lowest BCUT2D eigenvalue weighted by Gasteiger charge is -2.22. The van der Waals surface area contributed by atoms with E-state index in [4.69, 9.17) is 9.97 Å². The molecule has 0 saturated heterocycles. The molecule has 0 aliphatic carbocycles. The zero-order valence-electron chi connectivity index (χ0n) is 23.3. The van der Waals surface area contributed by atoms with E-state index in [0.717, 1.165) is 17.6 Å². The van der Waals surface area contributed by atoms with Crippen LogP contribution in [0.3, 0.4) is 0 Å². The number of aryl methyl sites for hydroxylation is 1. The van der Waals surface area contributed by atoms with Gasteiger partial charge in [0, 0.05) is 23.1 Å². The average molecular weight is 535 g/mol. The molecule has 0 bridgehead atoms. The quantitative estimate of drug-likeness (QED) is 0.226. The molecular weight excluding hydrogens is 501 g/mol. The van der Waals surface area contributed by atoms with Gasteiger partial charge in [-0.15, -0.1) is 22.7 Å². The predicted octanol–water partition coefficient (Wildman–Crippen LogP) is 10.6. The second-order valence-electron chi connectivity index (χ2n) is 12.6. The number of pyridine rings is 1. The maximum atomic E-state index is 4.95. The fourth-order valence-electron chi connectivity index (χ4n) is 5.34. The molecule has 4 heteroatoms. The standard InChI is InChI=1S/C34H34N2S2/c1-20-24-14-15-35-30(23-16-21-10-8-9-11-25(21)26(17-23)34(5,6)7)32(24)38-31(20)22-12-13-27-28(18-22)37-29(36-27)19-33(2,3)4/h8-18H,19H2,1-7H3. The Morgan fingerprint density at radius 3 is 2.34 bits per heavy atom. The molecule has 3 aromatic carbocycles. The Hall–Kier alpha value is -3.08. The van der Waals surface area contributed by atoms with Crippen LogP contribution in [0.4, 0.5) is 0 Å². The van der Waals surface area contributed by atoms with Crippen LogP contribution in [0.25, 0.3) is 52.8 Å². The third kappa shape index (κ3) is 4.54. The van der Waals surface area contributed by atoms with Crippen molar-refractivity contribution in [2.45, 2.75) is 60.3 Å². The Labute approximate surface area is 233 Å². The van der Waals surface area contributed by atoms with Gasteiger partial charge >= 0.3 is 0 Å². The first-order chi connectivity index (χ1) is 18.0. The molecule has 0 spiro atoms. The molecule has 0 aliphatic rings. The summed E-state index contributed by atoms with van der Waals surface area (Å²) in [6, 6.07) is 22.3. The van der Waals surface area contributed by atoms with E-state index in [1.807, 2.05) is 28.9 Å². The van der Waals surface area contributed by atoms with Crippen LogP contribution in [0.1, 0.15) is 57.7 Å². The van der Waals surface area contributed by atoms with Gasteiger partial charge in [0.15, 0.2) is 0 Å². The third-order valence-corrected chi connectivity index (χ3v) is 9.55. The van der Waals surface area contributed by atoms with E-state index in [1.165, 1.54) is 57.7 Å². The second-order valence-corrected chi connectivity index (χ2v) is 14.8. The normalized spacial score (nSPS) is 12.7. The van der Waals surface area contributed by atoms with Crippen molar-refractivity contribution >= 4 is 53.7 Å². The van der Waals surface area contributed by atoms with Crippen molar-refractivity contribution in [2.75, 3.05) is 0 Å². The van der Waals surface area contributed by atoms with Gasteiger partial charge in [-0.1, -0.05) is 71.9 Å². The van der Waals surface area contributed by atoms with Crippen LogP contribution < -0.4 is 0 Å². The summed E-state index contributed by atoms with van der Waals surface area (Å²) < 4.78 is 2.52. The summed E-state index contributed by atoms with van der Waals surface area (Å²) in [5, 5.41) is 5.10. The average Bonchev–Trinajstić information content (AvgIpc) is 3.40. The number of rotatable bonds is 3. The molecular formula is C34H34N2S2. The highest BCUT2D eigenvalue weighted by Crippen LogP contribution is 2.44. The van der Waals surface area contributed by atoms with Crippen molar-refractivity contribution in [3.63, 3.8) is 0 Å². The van der Waals surface area contributed by atoms with Crippen molar-refractivity contribution in [3.8, 4) is 21.7 Å². The maximum Gasteiger partial charge on any atom is 0.0943 e. The first-order valence-electron chi connectivity index (χ1n) is 13.3. The van der Waals surface area contributed by atoms with Crippen molar-refractivity contribution in [2.24, 2.45) is 5.41 Å². The largest absolute Gasteiger partial charge is 0.255 e. The van der Waals surface area contributed by atoms with Gasteiger partial charge < -0.3 is 0 Å². The Morgan fingerprint density at radius 2 is 1.58 bits per heavy atom. The molecule has 0 N–H and O–H groups in total. The lowest BCUT2D eigenvalue weighted by atomic mass is 9.82. The lowest BCUT2D eigenvalue weighted by Crippen LogP contribution is -2.12. The monoisotopic (exact) mass is 534 g/mol. The number of fused-ring (bicyclic) bond motifs is 3. The van der Waals surface area contributed by atoms with Crippen LogP contribution in [0.5, 0.6) is 0 Å². The van der Waals surface area contributed by atoms with Crippen molar-refractivity contribution in [3.05, 3.63) is 83.0 Å². The summed E-state index contributed by atoms with van der Waals surface area (Å²) in [6.45, 7) is 16.0. The van der Waals surface area contributed by atoms with Crippen LogP contribution in [0, 0.1) is 12.3 Å². The highest BCUT2D eigenvalue weighted by Gasteiger charge is 2.21. The molecule has 192 valence electrons. The lowest BCUT2D eigenvalue weighted by molar-refractivity contribution is 0.411. The van der Waals surface area contributed by atoms with Crippen molar-refractivity contribution in [1.82, 2.24) is 9.97 Å². The van der Waals surface area contributed by atoms with E-state index in [2.05, 4.69) is 109 Å². The Balaban J connectivity index is 1.50. The summed E-state index contributed by atoms with van der Waals surface area (Å²) in [4.78, 5) is 11.2. The first-order valence-corrected chi connectivity index (χ1v) is 14.9. The van der Waals surface area contributed by atoms with Gasteiger partial charge in [0.25, 0.3) is 0 Å². The highest BCUT2D eigenvalue weighted by atomic mass is 32.1. The molecule has 0 unspecified atom stereocenters. The Morgan fingerprint density at radius 1 is 0.789 bits per heavy atom. The van der Waals surface area contributed by atoms with Crippen LogP contribution in [0.2, 0.25) is 0 Å². The molecule has 6 rings (SSSR count). The smallest absolute Gasteiger partial charge is 0.0943 e. The molecule has 0 amide bonds. The van der Waals surface area contributed by atoms with E-state index >= 15 is 0 Å². The van der Waals surface area contributed by atoms with Gasteiger partial charge in [-0.25, -0.2) is 4.98 Å². The molecule has 3 heterocycles. The van der Waals surface area contributed by atoms with Crippen LogP contribution in [0.15, 0.2) is 66.9 Å². The van der Waals surface area contributed by atoms with Crippen molar-refractivity contribution < 1.29 is 0 Å². The number of nitrogens with zero attached hydrogens (tertiary/aromatic N) is 2. The van der Waals surface area contributed by atoms with Gasteiger partial charge in [-0.05, 0) is 80.9 Å². The number of hydrogen-bond donors (Lipinski definition) is 0. The summed E-state index contributed by atoms with van der Waals surface area (Å²) in [5.74, 6) is 0. The molecule has 3 aromatic heterocycles. The number of thiazole rings is 1. The molecule has 0 aliphatic heterocycles. The Bertz CT molecular complexity index is 1820. The second kappa shape index (κ2) is 9.00. The SMILES string of the molecule is Cc1c(-c2ccc3nc(CC(C)(C)C)sc3c2)sc2c(-c3cc(C(C)(C)C)c4ccccc4c3)nccc12. The summed E-state index contributed by atoms with van der Waals surface area (Å²) in [6.07, 6.45) is 2.97. The van der Waals surface area contributed by atoms with Crippen LogP contribution in [-0.2, 0) is 11.8 Å². The molecule has 2 nitrogen and oxygen atoms in total. The molecule has 38 heavy (non-hydrogen) atoms.